The first kappa shape index (κ1) is 18.1. The van der Waals surface area contributed by atoms with Crippen molar-refractivity contribution in [2.24, 2.45) is 0 Å². The smallest absolute Gasteiger partial charge is 0.129 e. The maximum absolute atomic E-state index is 13.9. The number of benzene rings is 1. The third kappa shape index (κ3) is 4.01. The monoisotopic (exact) mass is 298 g/mol. The van der Waals surface area contributed by atoms with E-state index < -0.39 is 11.6 Å². The van der Waals surface area contributed by atoms with Crippen molar-refractivity contribution < 1.29 is 8.78 Å². The van der Waals surface area contributed by atoms with E-state index in [-0.39, 0.29) is 11.6 Å². The van der Waals surface area contributed by atoms with Gasteiger partial charge in [0.05, 0.1) is 0 Å². The van der Waals surface area contributed by atoms with E-state index in [4.69, 9.17) is 0 Å². The fourth-order valence-electron chi connectivity index (χ4n) is 3.18. The molecule has 0 aromatic heterocycles. The van der Waals surface area contributed by atoms with Crippen LogP contribution in [0.25, 0.3) is 0 Å². The molecule has 0 heterocycles. The highest BCUT2D eigenvalue weighted by atomic mass is 19.1. The molecule has 0 spiro atoms. The zero-order chi connectivity index (χ0) is 16.0. The van der Waals surface area contributed by atoms with Gasteiger partial charge in [-0.05, 0) is 51.5 Å². The van der Waals surface area contributed by atoms with E-state index >= 15 is 0 Å². The van der Waals surface area contributed by atoms with Gasteiger partial charge in [0.1, 0.15) is 11.6 Å². The minimum absolute atomic E-state index is 0.0704. The standard InChI is InChI=1S/C17H28F2N2/c1-6-17(4,21(7-2)8-3)16(20-5)11-13-9-10-14(18)12-15(13)19/h9-10,12,16,20H,6-8,11H2,1-5H3. The number of likely N-dealkylation sites (N-methyl/N-ethyl adjacent to an activating group) is 2. The molecular weight excluding hydrogens is 270 g/mol. The Morgan fingerprint density at radius 3 is 2.24 bits per heavy atom. The van der Waals surface area contributed by atoms with Crippen molar-refractivity contribution in [3.05, 3.63) is 35.4 Å². The lowest BCUT2D eigenvalue weighted by molar-refractivity contribution is 0.0727. The third-order valence-electron chi connectivity index (χ3n) is 4.74. The lowest BCUT2D eigenvalue weighted by Gasteiger charge is -2.46. The van der Waals surface area contributed by atoms with Gasteiger partial charge in [-0.25, -0.2) is 8.78 Å². The topological polar surface area (TPSA) is 15.3 Å². The van der Waals surface area contributed by atoms with E-state index in [0.29, 0.717) is 12.0 Å². The Hall–Kier alpha value is -1.00. The first-order chi connectivity index (χ1) is 9.92. The molecule has 1 aromatic carbocycles. The van der Waals surface area contributed by atoms with Crippen molar-refractivity contribution in [1.82, 2.24) is 10.2 Å². The molecule has 1 N–H and O–H groups in total. The lowest BCUT2D eigenvalue weighted by atomic mass is 9.83. The van der Waals surface area contributed by atoms with Crippen molar-refractivity contribution in [3.63, 3.8) is 0 Å². The van der Waals surface area contributed by atoms with Gasteiger partial charge in [-0.2, -0.15) is 0 Å². The van der Waals surface area contributed by atoms with Gasteiger partial charge < -0.3 is 5.32 Å². The molecule has 0 aliphatic carbocycles. The second-order valence-electron chi connectivity index (χ2n) is 5.66. The second kappa shape index (κ2) is 7.85. The summed E-state index contributed by atoms with van der Waals surface area (Å²) in [4.78, 5) is 2.40. The number of hydrogen-bond acceptors (Lipinski definition) is 2. The van der Waals surface area contributed by atoms with Crippen LogP contribution in [0.3, 0.4) is 0 Å². The van der Waals surface area contributed by atoms with Crippen LogP contribution >= 0.6 is 0 Å². The highest BCUT2D eigenvalue weighted by molar-refractivity contribution is 5.21. The first-order valence-corrected chi connectivity index (χ1v) is 7.79. The molecule has 2 unspecified atom stereocenters. The van der Waals surface area contributed by atoms with Gasteiger partial charge in [0.15, 0.2) is 0 Å². The SMILES string of the molecule is CCN(CC)C(C)(CC)C(Cc1ccc(F)cc1F)NC. The normalized spacial score (nSPS) is 16.0. The average Bonchev–Trinajstić information content (AvgIpc) is 2.47. The van der Waals surface area contributed by atoms with Crippen molar-refractivity contribution >= 4 is 0 Å². The summed E-state index contributed by atoms with van der Waals surface area (Å²) < 4.78 is 27.0. The summed E-state index contributed by atoms with van der Waals surface area (Å²) in [5.41, 5.74) is 0.488. The number of hydrogen-bond donors (Lipinski definition) is 1. The highest BCUT2D eigenvalue weighted by Gasteiger charge is 2.36. The Morgan fingerprint density at radius 1 is 1.19 bits per heavy atom. The van der Waals surface area contributed by atoms with Crippen LogP contribution in [0.15, 0.2) is 18.2 Å². The molecule has 2 nitrogen and oxygen atoms in total. The Kier molecular flexibility index (Phi) is 6.75. The van der Waals surface area contributed by atoms with Crippen molar-refractivity contribution in [2.75, 3.05) is 20.1 Å². The van der Waals surface area contributed by atoms with Crippen LogP contribution in [0.2, 0.25) is 0 Å². The molecule has 4 heteroatoms. The largest absolute Gasteiger partial charge is 0.315 e. The number of nitrogens with one attached hydrogen (secondary N) is 1. The number of rotatable bonds is 8. The third-order valence-corrected chi connectivity index (χ3v) is 4.74. The van der Waals surface area contributed by atoms with Crippen LogP contribution in [0, 0.1) is 11.6 Å². The van der Waals surface area contributed by atoms with Gasteiger partial charge >= 0.3 is 0 Å². The van der Waals surface area contributed by atoms with Gasteiger partial charge in [0.25, 0.3) is 0 Å². The summed E-state index contributed by atoms with van der Waals surface area (Å²) in [6.45, 7) is 10.5. The maximum atomic E-state index is 13.9. The summed E-state index contributed by atoms with van der Waals surface area (Å²) >= 11 is 0. The summed E-state index contributed by atoms with van der Waals surface area (Å²) in [6, 6.07) is 3.93. The van der Waals surface area contributed by atoms with E-state index in [1.807, 2.05) is 7.05 Å². The predicted molar refractivity (Wildman–Crippen MR) is 84.5 cm³/mol. The summed E-state index contributed by atoms with van der Waals surface area (Å²) in [7, 11) is 1.91. The lowest BCUT2D eigenvalue weighted by Crippen LogP contribution is -2.59. The predicted octanol–water partition coefficient (Wildman–Crippen LogP) is 3.61. The molecule has 0 saturated carbocycles. The van der Waals surface area contributed by atoms with Crippen molar-refractivity contribution in [3.8, 4) is 0 Å². The molecule has 120 valence electrons. The quantitative estimate of drug-likeness (QED) is 0.789. The molecule has 0 bridgehead atoms. The summed E-state index contributed by atoms with van der Waals surface area (Å²) in [5.74, 6) is -0.993. The van der Waals surface area contributed by atoms with E-state index in [0.717, 1.165) is 25.6 Å². The molecule has 0 aliphatic heterocycles. The first-order valence-electron chi connectivity index (χ1n) is 7.79. The second-order valence-corrected chi connectivity index (χ2v) is 5.66. The zero-order valence-corrected chi connectivity index (χ0v) is 13.8. The van der Waals surface area contributed by atoms with E-state index in [1.54, 1.807) is 6.07 Å². The molecule has 2 atom stereocenters. The zero-order valence-electron chi connectivity index (χ0n) is 13.8. The van der Waals surface area contributed by atoms with Gasteiger partial charge in [-0.15, -0.1) is 0 Å². The van der Waals surface area contributed by atoms with E-state index in [1.165, 1.54) is 6.07 Å². The number of nitrogens with zero attached hydrogens (tertiary/aromatic N) is 1. The molecular formula is C17H28F2N2. The number of halogens is 2. The van der Waals surface area contributed by atoms with Gasteiger partial charge in [-0.3, -0.25) is 4.90 Å². The van der Waals surface area contributed by atoms with Gasteiger partial charge in [0, 0.05) is 17.6 Å². The minimum Gasteiger partial charge on any atom is -0.315 e. The van der Waals surface area contributed by atoms with Crippen LogP contribution in [0.5, 0.6) is 0 Å². The van der Waals surface area contributed by atoms with Crippen LogP contribution in [-0.2, 0) is 6.42 Å². The van der Waals surface area contributed by atoms with Crippen LogP contribution < -0.4 is 5.32 Å². The highest BCUT2D eigenvalue weighted by Crippen LogP contribution is 2.26. The van der Waals surface area contributed by atoms with Crippen molar-refractivity contribution in [2.45, 2.75) is 52.1 Å². The Labute approximate surface area is 127 Å². The molecule has 0 aliphatic rings. The average molecular weight is 298 g/mol. The molecule has 0 amide bonds. The Morgan fingerprint density at radius 2 is 1.81 bits per heavy atom. The molecule has 0 radical (unpaired) electrons. The maximum Gasteiger partial charge on any atom is 0.129 e. The van der Waals surface area contributed by atoms with Crippen LogP contribution in [0.4, 0.5) is 8.78 Å². The van der Waals surface area contributed by atoms with Crippen molar-refractivity contribution in [1.29, 1.82) is 0 Å². The van der Waals surface area contributed by atoms with Gasteiger partial charge in [0.2, 0.25) is 0 Å². The molecule has 1 rings (SSSR count). The van der Waals surface area contributed by atoms with E-state index in [2.05, 4.69) is 37.9 Å². The molecule has 1 aromatic rings. The molecule has 21 heavy (non-hydrogen) atoms. The van der Waals surface area contributed by atoms with Crippen LogP contribution in [0.1, 0.15) is 39.7 Å². The molecule has 0 saturated heterocycles. The Balaban J connectivity index is 3.04. The fourth-order valence-corrected chi connectivity index (χ4v) is 3.18. The Bertz CT molecular complexity index is 446. The van der Waals surface area contributed by atoms with Crippen LogP contribution in [-0.4, -0.2) is 36.6 Å². The fraction of sp³-hybridized carbons (Fsp3) is 0.647. The van der Waals surface area contributed by atoms with E-state index in [9.17, 15) is 8.78 Å². The summed E-state index contributed by atoms with van der Waals surface area (Å²) in [6.07, 6.45) is 1.51. The molecule has 0 fully saturated rings. The summed E-state index contributed by atoms with van der Waals surface area (Å²) in [5, 5.41) is 3.33. The van der Waals surface area contributed by atoms with Gasteiger partial charge in [-0.1, -0.05) is 26.8 Å². The minimum atomic E-state index is -0.528.